The van der Waals surface area contributed by atoms with Crippen LogP contribution in [0.4, 0.5) is 27.7 Å². The molecule has 1 aromatic carbocycles. The minimum Gasteiger partial charge on any atom is -0.474 e. The molecule has 4 rings (SSSR count). The molecule has 8 heteroatoms. The maximum absolute atomic E-state index is 13.1. The average Bonchev–Trinajstić information content (AvgIpc) is 2.73. The SMILES string of the molecule is Cc1cnc(Nc2ccc(F)cc2)nc1Nc1cccc(OC2CCNCC2)n1. The number of benzene rings is 1. The van der Waals surface area contributed by atoms with Gasteiger partial charge in [0.15, 0.2) is 0 Å². The highest BCUT2D eigenvalue weighted by atomic mass is 19.1. The summed E-state index contributed by atoms with van der Waals surface area (Å²) in [6.45, 7) is 3.85. The molecule has 2 aromatic heterocycles. The Morgan fingerprint density at radius 1 is 1.03 bits per heavy atom. The number of aromatic nitrogens is 3. The lowest BCUT2D eigenvalue weighted by molar-refractivity contribution is 0.156. The second kappa shape index (κ2) is 8.83. The summed E-state index contributed by atoms with van der Waals surface area (Å²) in [5.74, 6) is 1.99. The van der Waals surface area contributed by atoms with E-state index >= 15 is 0 Å². The van der Waals surface area contributed by atoms with Crippen LogP contribution in [0.3, 0.4) is 0 Å². The molecule has 0 bridgehead atoms. The van der Waals surface area contributed by atoms with Gasteiger partial charge < -0.3 is 20.7 Å². The minimum atomic E-state index is -0.291. The summed E-state index contributed by atoms with van der Waals surface area (Å²) in [6.07, 6.45) is 3.86. The van der Waals surface area contributed by atoms with Crippen LogP contribution in [0.15, 0.2) is 48.7 Å². The Kier molecular flexibility index (Phi) is 5.81. The van der Waals surface area contributed by atoms with Gasteiger partial charge in [0.05, 0.1) is 0 Å². The molecule has 3 N–H and O–H groups in total. The fraction of sp³-hybridized carbons (Fsp3) is 0.286. The number of hydrogen-bond donors (Lipinski definition) is 3. The Balaban J connectivity index is 1.47. The number of ether oxygens (including phenoxy) is 1. The van der Waals surface area contributed by atoms with Crippen LogP contribution in [-0.4, -0.2) is 34.1 Å². The van der Waals surface area contributed by atoms with Crippen molar-refractivity contribution < 1.29 is 9.13 Å². The number of rotatable bonds is 6. The third-order valence-corrected chi connectivity index (χ3v) is 4.62. The second-order valence-electron chi connectivity index (χ2n) is 6.91. The third-order valence-electron chi connectivity index (χ3n) is 4.62. The molecule has 0 unspecified atom stereocenters. The summed E-state index contributed by atoms with van der Waals surface area (Å²) in [7, 11) is 0. The van der Waals surface area contributed by atoms with E-state index in [4.69, 9.17) is 4.74 Å². The highest BCUT2D eigenvalue weighted by Crippen LogP contribution is 2.22. The van der Waals surface area contributed by atoms with Gasteiger partial charge in [-0.15, -0.1) is 0 Å². The number of anilines is 4. The number of aryl methyl sites for hydroxylation is 1. The first-order chi connectivity index (χ1) is 14.2. The molecule has 0 radical (unpaired) electrons. The van der Waals surface area contributed by atoms with Crippen LogP contribution >= 0.6 is 0 Å². The molecule has 0 saturated carbocycles. The summed E-state index contributed by atoms with van der Waals surface area (Å²) in [5, 5.41) is 9.63. The van der Waals surface area contributed by atoms with Gasteiger partial charge in [-0.25, -0.2) is 9.37 Å². The zero-order valence-corrected chi connectivity index (χ0v) is 16.2. The van der Waals surface area contributed by atoms with Crippen LogP contribution in [0.1, 0.15) is 18.4 Å². The Bertz CT molecular complexity index is 960. The quantitative estimate of drug-likeness (QED) is 0.584. The van der Waals surface area contributed by atoms with Crippen molar-refractivity contribution >= 4 is 23.3 Å². The number of hydrogen-bond acceptors (Lipinski definition) is 7. The highest BCUT2D eigenvalue weighted by Gasteiger charge is 2.15. The lowest BCUT2D eigenvalue weighted by Gasteiger charge is -2.23. The van der Waals surface area contributed by atoms with E-state index < -0.39 is 0 Å². The summed E-state index contributed by atoms with van der Waals surface area (Å²) < 4.78 is 19.1. The smallest absolute Gasteiger partial charge is 0.229 e. The Hall–Kier alpha value is -3.26. The van der Waals surface area contributed by atoms with Gasteiger partial charge in [-0.05, 0) is 63.2 Å². The van der Waals surface area contributed by atoms with Crippen LogP contribution in [0.2, 0.25) is 0 Å². The molecule has 0 amide bonds. The first-order valence-electron chi connectivity index (χ1n) is 9.63. The third kappa shape index (κ3) is 5.17. The number of halogens is 1. The van der Waals surface area contributed by atoms with E-state index in [-0.39, 0.29) is 11.9 Å². The average molecular weight is 394 g/mol. The summed E-state index contributed by atoms with van der Waals surface area (Å²) >= 11 is 0. The molecular weight excluding hydrogens is 371 g/mol. The molecule has 1 saturated heterocycles. The van der Waals surface area contributed by atoms with Crippen molar-refractivity contribution in [1.82, 2.24) is 20.3 Å². The Morgan fingerprint density at radius 2 is 1.83 bits per heavy atom. The first kappa shape index (κ1) is 19.1. The molecule has 0 spiro atoms. The van der Waals surface area contributed by atoms with Crippen molar-refractivity contribution in [2.75, 3.05) is 23.7 Å². The van der Waals surface area contributed by atoms with Gasteiger partial charge in [0.2, 0.25) is 11.8 Å². The normalized spacial score (nSPS) is 14.4. The zero-order chi connectivity index (χ0) is 20.1. The number of nitrogens with one attached hydrogen (secondary N) is 3. The second-order valence-corrected chi connectivity index (χ2v) is 6.91. The predicted octanol–water partition coefficient (Wildman–Crippen LogP) is 3.94. The number of nitrogens with zero attached hydrogens (tertiary/aromatic N) is 3. The van der Waals surface area contributed by atoms with Gasteiger partial charge in [-0.3, -0.25) is 0 Å². The first-order valence-corrected chi connectivity index (χ1v) is 9.63. The molecule has 1 aliphatic heterocycles. The van der Waals surface area contributed by atoms with Gasteiger partial charge in [-0.2, -0.15) is 9.97 Å². The van der Waals surface area contributed by atoms with Crippen molar-refractivity contribution in [3.63, 3.8) is 0 Å². The highest BCUT2D eigenvalue weighted by molar-refractivity contribution is 5.60. The molecule has 3 aromatic rings. The van der Waals surface area contributed by atoms with Gasteiger partial charge in [0.25, 0.3) is 0 Å². The molecule has 0 aliphatic carbocycles. The topological polar surface area (TPSA) is 84.0 Å². The van der Waals surface area contributed by atoms with Crippen LogP contribution in [0.25, 0.3) is 0 Å². The number of piperidine rings is 1. The van der Waals surface area contributed by atoms with E-state index in [2.05, 4.69) is 30.9 Å². The Morgan fingerprint density at radius 3 is 2.62 bits per heavy atom. The lowest BCUT2D eigenvalue weighted by Crippen LogP contribution is -2.34. The molecular formula is C21H23FN6O. The maximum Gasteiger partial charge on any atom is 0.229 e. The van der Waals surface area contributed by atoms with E-state index in [1.807, 2.05) is 25.1 Å². The molecule has 3 heterocycles. The lowest BCUT2D eigenvalue weighted by atomic mass is 10.1. The van der Waals surface area contributed by atoms with Gasteiger partial charge in [0.1, 0.15) is 23.6 Å². The van der Waals surface area contributed by atoms with Gasteiger partial charge >= 0.3 is 0 Å². The van der Waals surface area contributed by atoms with E-state index in [9.17, 15) is 4.39 Å². The minimum absolute atomic E-state index is 0.186. The van der Waals surface area contributed by atoms with Crippen molar-refractivity contribution in [3.8, 4) is 5.88 Å². The van der Waals surface area contributed by atoms with Crippen LogP contribution < -0.4 is 20.7 Å². The molecule has 150 valence electrons. The van der Waals surface area contributed by atoms with Crippen molar-refractivity contribution in [2.24, 2.45) is 0 Å². The fourth-order valence-corrected chi connectivity index (χ4v) is 3.05. The molecule has 1 aliphatic rings. The molecule has 29 heavy (non-hydrogen) atoms. The zero-order valence-electron chi connectivity index (χ0n) is 16.2. The molecule has 1 fully saturated rings. The standard InChI is InChI=1S/C21H23FN6O/c1-14-13-24-21(25-16-7-5-15(22)6-8-16)28-20(14)27-18-3-2-4-19(26-18)29-17-9-11-23-12-10-17/h2-8,13,17,23H,9-12H2,1H3,(H2,24,25,26,27,28). The van der Waals surface area contributed by atoms with Crippen molar-refractivity contribution in [3.05, 3.63) is 60.0 Å². The summed E-state index contributed by atoms with van der Waals surface area (Å²) in [6, 6.07) is 11.7. The van der Waals surface area contributed by atoms with Crippen LogP contribution in [0, 0.1) is 12.7 Å². The van der Waals surface area contributed by atoms with E-state index in [0.717, 1.165) is 31.5 Å². The molecule has 0 atom stereocenters. The van der Waals surface area contributed by atoms with Gasteiger partial charge in [-0.1, -0.05) is 6.07 Å². The van der Waals surface area contributed by atoms with E-state index in [1.165, 1.54) is 12.1 Å². The predicted molar refractivity (Wildman–Crippen MR) is 110 cm³/mol. The fourth-order valence-electron chi connectivity index (χ4n) is 3.05. The van der Waals surface area contributed by atoms with E-state index in [1.54, 1.807) is 18.3 Å². The summed E-state index contributed by atoms with van der Waals surface area (Å²) in [4.78, 5) is 13.4. The van der Waals surface area contributed by atoms with E-state index in [0.29, 0.717) is 29.2 Å². The summed E-state index contributed by atoms with van der Waals surface area (Å²) in [5.41, 5.74) is 1.58. The monoisotopic (exact) mass is 394 g/mol. The largest absolute Gasteiger partial charge is 0.474 e. The molecule has 7 nitrogen and oxygen atoms in total. The van der Waals surface area contributed by atoms with Gasteiger partial charge in [0, 0.05) is 23.5 Å². The Labute approximate surface area is 168 Å². The maximum atomic E-state index is 13.1. The van der Waals surface area contributed by atoms with Crippen molar-refractivity contribution in [1.29, 1.82) is 0 Å². The number of pyridine rings is 1. The van der Waals surface area contributed by atoms with Crippen LogP contribution in [-0.2, 0) is 0 Å². The van der Waals surface area contributed by atoms with Crippen LogP contribution in [0.5, 0.6) is 5.88 Å². The van der Waals surface area contributed by atoms with Crippen molar-refractivity contribution in [2.45, 2.75) is 25.9 Å².